The summed E-state index contributed by atoms with van der Waals surface area (Å²) in [5.41, 5.74) is 0.862. The lowest BCUT2D eigenvalue weighted by Gasteiger charge is -2.29. The van der Waals surface area contributed by atoms with Crippen molar-refractivity contribution in [2.24, 2.45) is 17.8 Å². The predicted molar refractivity (Wildman–Crippen MR) is 110 cm³/mol. The van der Waals surface area contributed by atoms with E-state index in [1.165, 1.54) is 37.4 Å². The Labute approximate surface area is 170 Å². The summed E-state index contributed by atoms with van der Waals surface area (Å²) in [6.45, 7) is 4.09. The van der Waals surface area contributed by atoms with Crippen LogP contribution in [0.15, 0.2) is 35.7 Å². The molecule has 2 saturated carbocycles. The van der Waals surface area contributed by atoms with Crippen LogP contribution in [-0.2, 0) is 4.79 Å². The largest absolute Gasteiger partial charge is 0.495 e. The van der Waals surface area contributed by atoms with Gasteiger partial charge in [-0.15, -0.1) is 10.2 Å². The topological polar surface area (TPSA) is 69.0 Å². The highest BCUT2D eigenvalue weighted by Gasteiger charge is 2.42. The van der Waals surface area contributed by atoms with E-state index in [0.717, 1.165) is 23.3 Å². The minimum Gasteiger partial charge on any atom is -0.495 e. The molecule has 1 N–H and O–H groups in total. The number of methoxy groups -OCH3 is 1. The number of thioether (sulfide) groups is 1. The zero-order chi connectivity index (χ0) is 19.7. The van der Waals surface area contributed by atoms with Crippen LogP contribution in [-0.4, -0.2) is 39.1 Å². The molecule has 1 aromatic heterocycles. The number of hydrogen-bond donors (Lipinski definition) is 1. The van der Waals surface area contributed by atoms with Crippen molar-refractivity contribution in [2.45, 2.75) is 56.0 Å². The van der Waals surface area contributed by atoms with Crippen LogP contribution in [0, 0.1) is 17.8 Å². The first-order chi connectivity index (χ1) is 13.6. The number of hydrogen-bond acceptors (Lipinski definition) is 5. The van der Waals surface area contributed by atoms with Crippen molar-refractivity contribution in [3.05, 3.63) is 30.6 Å². The van der Waals surface area contributed by atoms with E-state index in [1.807, 2.05) is 35.8 Å². The van der Waals surface area contributed by atoms with E-state index in [-0.39, 0.29) is 17.2 Å². The third-order valence-electron chi connectivity index (χ3n) is 6.32. The van der Waals surface area contributed by atoms with Crippen LogP contribution in [0.4, 0.5) is 0 Å². The van der Waals surface area contributed by atoms with Crippen LogP contribution in [0.25, 0.3) is 5.69 Å². The van der Waals surface area contributed by atoms with Gasteiger partial charge in [-0.1, -0.05) is 30.3 Å². The molecule has 7 heteroatoms. The van der Waals surface area contributed by atoms with Gasteiger partial charge >= 0.3 is 0 Å². The van der Waals surface area contributed by atoms with Gasteiger partial charge < -0.3 is 10.1 Å². The Morgan fingerprint density at radius 1 is 1.29 bits per heavy atom. The molecule has 28 heavy (non-hydrogen) atoms. The molecule has 0 saturated heterocycles. The number of fused-ring (bicyclic) bond motifs is 2. The highest BCUT2D eigenvalue weighted by Crippen LogP contribution is 2.49. The Bertz CT molecular complexity index is 839. The lowest BCUT2D eigenvalue weighted by molar-refractivity contribution is -0.121. The molecule has 5 atom stereocenters. The van der Waals surface area contributed by atoms with E-state index in [2.05, 4.69) is 22.4 Å². The second-order valence-electron chi connectivity index (χ2n) is 8.05. The summed E-state index contributed by atoms with van der Waals surface area (Å²) in [6.07, 6.45) is 7.00. The first kappa shape index (κ1) is 19.3. The summed E-state index contributed by atoms with van der Waals surface area (Å²) in [7, 11) is 1.64. The van der Waals surface area contributed by atoms with Crippen molar-refractivity contribution in [2.75, 3.05) is 7.11 Å². The summed E-state index contributed by atoms with van der Waals surface area (Å²) in [5.74, 6) is 3.13. The van der Waals surface area contributed by atoms with E-state index in [4.69, 9.17) is 4.74 Å². The van der Waals surface area contributed by atoms with Crippen molar-refractivity contribution < 1.29 is 9.53 Å². The smallest absolute Gasteiger partial charge is 0.233 e. The quantitative estimate of drug-likeness (QED) is 0.718. The van der Waals surface area contributed by atoms with Gasteiger partial charge in [-0.3, -0.25) is 9.36 Å². The first-order valence-corrected chi connectivity index (χ1v) is 10.9. The fourth-order valence-corrected chi connectivity index (χ4v) is 5.71. The zero-order valence-electron chi connectivity index (χ0n) is 16.7. The normalized spacial score (nSPS) is 25.5. The maximum Gasteiger partial charge on any atom is 0.233 e. The lowest BCUT2D eigenvalue weighted by atomic mass is 9.84. The highest BCUT2D eigenvalue weighted by atomic mass is 32.2. The fraction of sp³-hybridized carbons (Fsp3) is 0.571. The number of nitrogens with one attached hydrogen (secondary N) is 1. The molecule has 6 nitrogen and oxygen atoms in total. The standard InChI is InChI=1S/C21H28N4O2S/c1-13(17-11-15-8-9-16(17)10-15)23-20(26)14(2)28-21-24-22-12-25(21)18-6-4-5-7-19(18)27-3/h4-7,12-17H,8-11H2,1-3H3,(H,23,26). The van der Waals surface area contributed by atoms with Crippen LogP contribution in [0.3, 0.4) is 0 Å². The number of aromatic nitrogens is 3. The highest BCUT2D eigenvalue weighted by molar-refractivity contribution is 8.00. The third-order valence-corrected chi connectivity index (χ3v) is 7.37. The maximum absolute atomic E-state index is 12.8. The van der Waals surface area contributed by atoms with Gasteiger partial charge in [0.05, 0.1) is 18.0 Å². The first-order valence-electron chi connectivity index (χ1n) is 10.1. The van der Waals surface area contributed by atoms with Crippen LogP contribution >= 0.6 is 11.8 Å². The molecule has 4 rings (SSSR count). The predicted octanol–water partition coefficient (Wildman–Crippen LogP) is 3.70. The second-order valence-corrected chi connectivity index (χ2v) is 9.36. The van der Waals surface area contributed by atoms with Gasteiger partial charge in [0.25, 0.3) is 0 Å². The molecule has 5 unspecified atom stereocenters. The van der Waals surface area contributed by atoms with E-state index in [9.17, 15) is 4.79 Å². The summed E-state index contributed by atoms with van der Waals surface area (Å²) in [5, 5.41) is 11.9. The molecule has 1 amide bonds. The molecule has 1 aromatic carbocycles. The Balaban J connectivity index is 1.41. The minimum absolute atomic E-state index is 0.0647. The molecule has 1 heterocycles. The Morgan fingerprint density at radius 2 is 2.11 bits per heavy atom. The zero-order valence-corrected chi connectivity index (χ0v) is 17.5. The number of benzene rings is 1. The molecule has 2 fully saturated rings. The van der Waals surface area contributed by atoms with Crippen LogP contribution in [0.5, 0.6) is 5.75 Å². The van der Waals surface area contributed by atoms with Crippen LogP contribution in [0.1, 0.15) is 39.5 Å². The number of carbonyl (C=O) groups is 1. The molecule has 0 spiro atoms. The molecule has 2 aliphatic carbocycles. The number of carbonyl (C=O) groups excluding carboxylic acids is 1. The van der Waals surface area contributed by atoms with Crippen molar-refractivity contribution >= 4 is 17.7 Å². The minimum atomic E-state index is -0.251. The number of para-hydroxylation sites is 2. The van der Waals surface area contributed by atoms with Gasteiger partial charge in [0.2, 0.25) is 5.91 Å². The van der Waals surface area contributed by atoms with Gasteiger partial charge in [-0.05, 0) is 63.0 Å². The van der Waals surface area contributed by atoms with Gasteiger partial charge in [0.1, 0.15) is 12.1 Å². The molecular weight excluding hydrogens is 372 g/mol. The van der Waals surface area contributed by atoms with Gasteiger partial charge in [-0.25, -0.2) is 0 Å². The van der Waals surface area contributed by atoms with Crippen molar-refractivity contribution in [3.8, 4) is 11.4 Å². The van der Waals surface area contributed by atoms with E-state index in [1.54, 1.807) is 13.4 Å². The Morgan fingerprint density at radius 3 is 2.82 bits per heavy atom. The lowest BCUT2D eigenvalue weighted by Crippen LogP contribution is -2.43. The molecule has 2 bridgehead atoms. The number of ether oxygens (including phenoxy) is 1. The van der Waals surface area contributed by atoms with E-state index in [0.29, 0.717) is 11.1 Å². The molecule has 0 aliphatic heterocycles. The molecule has 150 valence electrons. The number of nitrogens with zero attached hydrogens (tertiary/aromatic N) is 3. The summed E-state index contributed by atoms with van der Waals surface area (Å²) in [6, 6.07) is 7.95. The maximum atomic E-state index is 12.8. The Kier molecular flexibility index (Phi) is 5.62. The molecule has 0 radical (unpaired) electrons. The summed E-state index contributed by atoms with van der Waals surface area (Å²) < 4.78 is 7.31. The number of amides is 1. The summed E-state index contributed by atoms with van der Waals surface area (Å²) >= 11 is 1.42. The molecular formula is C21H28N4O2S. The average Bonchev–Trinajstić information content (AvgIpc) is 3.44. The molecule has 2 aromatic rings. The van der Waals surface area contributed by atoms with E-state index < -0.39 is 0 Å². The number of rotatable bonds is 7. The summed E-state index contributed by atoms with van der Waals surface area (Å²) in [4.78, 5) is 12.8. The van der Waals surface area contributed by atoms with Gasteiger partial charge in [-0.2, -0.15) is 0 Å². The second kappa shape index (κ2) is 8.15. The van der Waals surface area contributed by atoms with Gasteiger partial charge in [0.15, 0.2) is 5.16 Å². The third kappa shape index (κ3) is 3.77. The van der Waals surface area contributed by atoms with Crippen molar-refractivity contribution in [1.82, 2.24) is 20.1 Å². The monoisotopic (exact) mass is 400 g/mol. The molecule has 2 aliphatic rings. The van der Waals surface area contributed by atoms with Gasteiger partial charge in [0, 0.05) is 6.04 Å². The van der Waals surface area contributed by atoms with Crippen molar-refractivity contribution in [1.29, 1.82) is 0 Å². The average molecular weight is 401 g/mol. The fourth-order valence-electron chi connectivity index (χ4n) is 4.87. The van der Waals surface area contributed by atoms with Crippen molar-refractivity contribution in [3.63, 3.8) is 0 Å². The Hall–Kier alpha value is -2.02. The van der Waals surface area contributed by atoms with E-state index >= 15 is 0 Å². The SMILES string of the molecule is COc1ccccc1-n1cnnc1SC(C)C(=O)NC(C)C1CC2CCC1C2. The van der Waals surface area contributed by atoms with Crippen LogP contribution in [0.2, 0.25) is 0 Å². The van der Waals surface area contributed by atoms with Crippen LogP contribution < -0.4 is 10.1 Å².